The van der Waals surface area contributed by atoms with E-state index < -0.39 is 35.4 Å². The van der Waals surface area contributed by atoms with Crippen molar-refractivity contribution in [2.45, 2.75) is 109 Å². The van der Waals surface area contributed by atoms with Gasteiger partial charge >= 0.3 is 17.9 Å². The molecule has 2 saturated heterocycles. The predicted octanol–water partition coefficient (Wildman–Crippen LogP) is 3.98. The van der Waals surface area contributed by atoms with Gasteiger partial charge in [-0.05, 0) is 50.5 Å². The molecule has 0 saturated carbocycles. The minimum atomic E-state index is -1.08. The molecule has 0 bridgehead atoms. The van der Waals surface area contributed by atoms with Crippen LogP contribution in [0.2, 0.25) is 0 Å². The summed E-state index contributed by atoms with van der Waals surface area (Å²) in [4.78, 5) is 34.7. The van der Waals surface area contributed by atoms with Crippen molar-refractivity contribution < 1.29 is 43.9 Å². The second kappa shape index (κ2) is 13.2. The maximum atomic E-state index is 12.6. The summed E-state index contributed by atoms with van der Waals surface area (Å²) in [5.74, 6) is -3.37. The zero-order valence-electron chi connectivity index (χ0n) is 21.0. The molecule has 35 heavy (non-hydrogen) atoms. The van der Waals surface area contributed by atoms with Gasteiger partial charge in [0.2, 0.25) is 0 Å². The summed E-state index contributed by atoms with van der Waals surface area (Å²) in [6.07, 6.45) is 8.12. The van der Waals surface area contributed by atoms with Gasteiger partial charge in [-0.3, -0.25) is 9.59 Å². The number of ether oxygens (including phenoxy) is 3. The topological polar surface area (TPSA) is 140 Å². The van der Waals surface area contributed by atoms with E-state index in [4.69, 9.17) is 24.4 Å². The lowest BCUT2D eigenvalue weighted by Gasteiger charge is -2.53. The minimum absolute atomic E-state index is 0.00915. The molecule has 0 radical (unpaired) electrons. The Kier molecular flexibility index (Phi) is 10.9. The smallest absolute Gasteiger partial charge is 0.328 e. The van der Waals surface area contributed by atoms with E-state index >= 15 is 0 Å². The summed E-state index contributed by atoms with van der Waals surface area (Å²) in [5, 5.41) is 27.5. The number of carboxylic acids is 2. The fraction of sp³-hybridized carbons (Fsp3) is 0.731. The van der Waals surface area contributed by atoms with E-state index in [0.717, 1.165) is 25.3 Å². The summed E-state index contributed by atoms with van der Waals surface area (Å²) in [6.45, 7) is 5.78. The molecule has 2 aliphatic rings. The molecule has 0 aromatic carbocycles. The molecular formula is C26H40O9. The molecular weight excluding hydrogens is 456 g/mol. The number of hydrogen-bond donors (Lipinski definition) is 3. The van der Waals surface area contributed by atoms with E-state index in [1.807, 2.05) is 6.92 Å². The fourth-order valence-corrected chi connectivity index (χ4v) is 4.85. The van der Waals surface area contributed by atoms with Gasteiger partial charge in [-0.2, -0.15) is 0 Å². The van der Waals surface area contributed by atoms with E-state index in [9.17, 15) is 19.5 Å². The summed E-state index contributed by atoms with van der Waals surface area (Å²) in [6, 6.07) is 0. The molecule has 5 atom stereocenters. The molecule has 2 aliphatic heterocycles. The molecule has 0 unspecified atom stereocenters. The Labute approximate surface area is 207 Å². The number of carbonyl (C=O) groups excluding carboxylic acids is 1. The van der Waals surface area contributed by atoms with E-state index in [1.54, 1.807) is 19.1 Å². The number of rotatable bonds is 12. The average Bonchev–Trinajstić information content (AvgIpc) is 2.79. The van der Waals surface area contributed by atoms with Crippen LogP contribution in [0, 0.1) is 5.92 Å². The van der Waals surface area contributed by atoms with Crippen LogP contribution in [-0.2, 0) is 28.6 Å². The monoisotopic (exact) mass is 496 g/mol. The lowest BCUT2D eigenvalue weighted by molar-refractivity contribution is -0.346. The van der Waals surface area contributed by atoms with Crippen molar-refractivity contribution in [1.82, 2.24) is 0 Å². The van der Waals surface area contributed by atoms with Crippen molar-refractivity contribution >= 4 is 17.9 Å². The summed E-state index contributed by atoms with van der Waals surface area (Å²) in [5.41, 5.74) is -0.519. The number of aliphatic carboxylic acids is 2. The molecule has 0 amide bonds. The van der Waals surface area contributed by atoms with Gasteiger partial charge in [-0.1, -0.05) is 32.4 Å². The Morgan fingerprint density at radius 3 is 2.49 bits per heavy atom. The Bertz CT molecular complexity index is 805. The molecule has 1 spiro atoms. The van der Waals surface area contributed by atoms with Gasteiger partial charge in [0.1, 0.15) is 11.7 Å². The Hall–Kier alpha value is -2.23. The largest absolute Gasteiger partial charge is 0.481 e. The number of carboxylic acid groups (broad SMARTS) is 2. The Morgan fingerprint density at radius 2 is 1.86 bits per heavy atom. The first-order valence-electron chi connectivity index (χ1n) is 12.5. The second-order valence-electron chi connectivity index (χ2n) is 9.76. The van der Waals surface area contributed by atoms with Gasteiger partial charge in [0.05, 0.1) is 18.9 Å². The van der Waals surface area contributed by atoms with Crippen LogP contribution < -0.4 is 0 Å². The van der Waals surface area contributed by atoms with Gasteiger partial charge in [0.15, 0.2) is 5.79 Å². The number of unbranched alkanes of at least 4 members (excludes halogenated alkanes) is 1. The van der Waals surface area contributed by atoms with Crippen LogP contribution >= 0.6 is 0 Å². The van der Waals surface area contributed by atoms with Crippen molar-refractivity contribution in [2.75, 3.05) is 6.61 Å². The molecule has 2 rings (SSSR count). The summed E-state index contributed by atoms with van der Waals surface area (Å²) >= 11 is 0. The highest BCUT2D eigenvalue weighted by Crippen LogP contribution is 2.47. The highest BCUT2D eigenvalue weighted by Gasteiger charge is 2.54. The van der Waals surface area contributed by atoms with Crippen LogP contribution in [-0.4, -0.2) is 63.4 Å². The van der Waals surface area contributed by atoms with Crippen molar-refractivity contribution in [2.24, 2.45) is 5.92 Å². The summed E-state index contributed by atoms with van der Waals surface area (Å²) in [7, 11) is 0. The number of aliphatic hydroxyl groups is 1. The second-order valence-corrected chi connectivity index (χ2v) is 9.76. The van der Waals surface area contributed by atoms with Gasteiger partial charge in [-0.15, -0.1) is 0 Å². The molecule has 2 fully saturated rings. The van der Waals surface area contributed by atoms with Crippen LogP contribution in [0.15, 0.2) is 23.8 Å². The SMILES string of the molecule is CCCC[C@@]1(OC(=O)CCC(=O)O)CC[C@]2(CC[C@H](C)[C@@H](CCO)O2)O[C@H]1C=CC(C)=CC(=O)O. The number of carbonyl (C=O) groups is 3. The van der Waals surface area contributed by atoms with E-state index in [-0.39, 0.29) is 31.5 Å². The third-order valence-electron chi connectivity index (χ3n) is 6.88. The number of hydrogen-bond acceptors (Lipinski definition) is 7. The van der Waals surface area contributed by atoms with Crippen LogP contribution in [0.1, 0.15) is 85.0 Å². The number of aliphatic hydroxyl groups excluding tert-OH is 1. The molecule has 0 aromatic rings. The Morgan fingerprint density at radius 1 is 1.11 bits per heavy atom. The highest BCUT2D eigenvalue weighted by atomic mass is 16.7. The van der Waals surface area contributed by atoms with Crippen molar-refractivity contribution in [1.29, 1.82) is 0 Å². The van der Waals surface area contributed by atoms with Crippen LogP contribution in [0.5, 0.6) is 0 Å². The molecule has 2 heterocycles. The first-order valence-corrected chi connectivity index (χ1v) is 12.5. The predicted molar refractivity (Wildman–Crippen MR) is 128 cm³/mol. The van der Waals surface area contributed by atoms with Gasteiger partial charge < -0.3 is 29.5 Å². The molecule has 9 heteroatoms. The minimum Gasteiger partial charge on any atom is -0.481 e. The van der Waals surface area contributed by atoms with E-state index in [1.165, 1.54) is 0 Å². The third kappa shape index (κ3) is 8.44. The van der Waals surface area contributed by atoms with Crippen LogP contribution in [0.4, 0.5) is 0 Å². The van der Waals surface area contributed by atoms with Gasteiger partial charge in [-0.25, -0.2) is 4.79 Å². The molecule has 9 nitrogen and oxygen atoms in total. The first-order chi connectivity index (χ1) is 16.5. The van der Waals surface area contributed by atoms with Crippen LogP contribution in [0.3, 0.4) is 0 Å². The number of allylic oxidation sites excluding steroid dienone is 2. The van der Waals surface area contributed by atoms with Gasteiger partial charge in [0.25, 0.3) is 0 Å². The van der Waals surface area contributed by atoms with Crippen molar-refractivity contribution in [3.8, 4) is 0 Å². The van der Waals surface area contributed by atoms with Crippen molar-refractivity contribution in [3.63, 3.8) is 0 Å². The standard InChI is InChI=1S/C26H40O9/c1-4-5-12-25(35-24(32)9-8-22(28)29)14-15-26(13-10-19(3)20(33-26)11-16-27)34-21(25)7-6-18(2)17-23(30)31/h6-7,17,19-21,27H,4-5,8-16H2,1-3H3,(H,28,29)(H,30,31)/t19-,20+,21-,25+,26-/m0/s1. The summed E-state index contributed by atoms with van der Waals surface area (Å²) < 4.78 is 19.0. The zero-order valence-corrected chi connectivity index (χ0v) is 21.0. The highest BCUT2D eigenvalue weighted by molar-refractivity contribution is 5.81. The Balaban J connectivity index is 2.38. The maximum Gasteiger partial charge on any atom is 0.328 e. The van der Waals surface area contributed by atoms with Crippen LogP contribution in [0.25, 0.3) is 0 Å². The lowest BCUT2D eigenvalue weighted by Crippen LogP contribution is -2.59. The van der Waals surface area contributed by atoms with E-state index in [2.05, 4.69) is 6.92 Å². The normalized spacial score (nSPS) is 31.5. The van der Waals surface area contributed by atoms with E-state index in [0.29, 0.717) is 37.7 Å². The first kappa shape index (κ1) is 29.0. The zero-order chi connectivity index (χ0) is 26.1. The quantitative estimate of drug-likeness (QED) is 0.208. The maximum absolute atomic E-state index is 12.6. The average molecular weight is 497 g/mol. The van der Waals surface area contributed by atoms with Gasteiger partial charge in [0, 0.05) is 25.5 Å². The third-order valence-corrected chi connectivity index (χ3v) is 6.88. The molecule has 198 valence electrons. The lowest BCUT2D eigenvalue weighted by atomic mass is 9.78. The number of esters is 1. The molecule has 0 aliphatic carbocycles. The molecule has 0 aromatic heterocycles. The fourth-order valence-electron chi connectivity index (χ4n) is 4.85. The molecule has 3 N–H and O–H groups in total. The van der Waals surface area contributed by atoms with Crippen molar-refractivity contribution in [3.05, 3.63) is 23.8 Å².